The average Bonchev–Trinajstić information content (AvgIpc) is 3.55. The smallest absolute Gasteiger partial charge is 0.288 e. The van der Waals surface area contributed by atoms with E-state index in [1.54, 1.807) is 0 Å². The molecule has 0 amide bonds. The van der Waals surface area contributed by atoms with Gasteiger partial charge in [0.15, 0.2) is 5.82 Å². The number of carbonyl (C=O) groups is 1. The molecule has 1 aliphatic rings. The summed E-state index contributed by atoms with van der Waals surface area (Å²) in [6, 6.07) is 15.7. The lowest BCUT2D eigenvalue weighted by Gasteiger charge is -2.19. The molecule has 1 fully saturated rings. The van der Waals surface area contributed by atoms with Gasteiger partial charge < -0.3 is 0 Å². The van der Waals surface area contributed by atoms with E-state index in [0.29, 0.717) is 37.4 Å². The van der Waals surface area contributed by atoms with Crippen molar-refractivity contribution in [1.29, 1.82) is 0 Å². The van der Waals surface area contributed by atoms with Gasteiger partial charge in [-0.3, -0.25) is 9.36 Å². The number of tetrazole rings is 1. The van der Waals surface area contributed by atoms with E-state index in [1.807, 2.05) is 48.5 Å². The van der Waals surface area contributed by atoms with Gasteiger partial charge in [0.2, 0.25) is 11.9 Å². The number of nitrogens with one attached hydrogen (secondary N) is 1. The molecule has 4 aromatic rings. The lowest BCUT2D eigenvalue weighted by Crippen LogP contribution is -2.35. The third-order valence-corrected chi connectivity index (χ3v) is 7.43. The maximum atomic E-state index is 15.8. The summed E-state index contributed by atoms with van der Waals surface area (Å²) < 4.78 is 18.0. The van der Waals surface area contributed by atoms with Crippen molar-refractivity contribution < 1.29 is 9.18 Å². The van der Waals surface area contributed by atoms with Crippen LogP contribution in [0, 0.1) is 17.8 Å². The van der Waals surface area contributed by atoms with Crippen LogP contribution in [0.5, 0.6) is 0 Å². The van der Waals surface area contributed by atoms with Gasteiger partial charge in [-0.25, -0.2) is 14.5 Å². The van der Waals surface area contributed by atoms with Crippen molar-refractivity contribution >= 4 is 5.91 Å². The van der Waals surface area contributed by atoms with Crippen molar-refractivity contribution in [3.05, 3.63) is 76.2 Å². The third kappa shape index (κ3) is 5.23. The van der Waals surface area contributed by atoms with E-state index in [4.69, 9.17) is 0 Å². The summed E-state index contributed by atoms with van der Waals surface area (Å²) in [6.07, 6.45) is 5.43. The second-order valence-corrected chi connectivity index (χ2v) is 10.5. The van der Waals surface area contributed by atoms with E-state index in [9.17, 15) is 9.59 Å². The highest BCUT2D eigenvalue weighted by molar-refractivity contribution is 5.82. The van der Waals surface area contributed by atoms with Crippen LogP contribution in [0.25, 0.3) is 22.5 Å². The number of hydrogen-bond donors (Lipinski definition) is 1. The zero-order valence-corrected chi connectivity index (χ0v) is 21.9. The third-order valence-electron chi connectivity index (χ3n) is 7.43. The van der Waals surface area contributed by atoms with Crippen LogP contribution < -0.4 is 5.69 Å². The Morgan fingerprint density at radius 2 is 1.84 bits per heavy atom. The fourth-order valence-electron chi connectivity index (χ4n) is 5.32. The van der Waals surface area contributed by atoms with Crippen molar-refractivity contribution in [2.75, 3.05) is 0 Å². The number of imidazole rings is 1. The van der Waals surface area contributed by atoms with Gasteiger partial charge in [-0.1, -0.05) is 75.6 Å². The highest BCUT2D eigenvalue weighted by Crippen LogP contribution is 2.31. The highest BCUT2D eigenvalue weighted by atomic mass is 19.1. The van der Waals surface area contributed by atoms with Crippen molar-refractivity contribution in [1.82, 2.24) is 29.8 Å². The summed E-state index contributed by atoms with van der Waals surface area (Å²) in [5.41, 5.74) is 3.15. The van der Waals surface area contributed by atoms with E-state index < -0.39 is 17.5 Å². The molecule has 5 rings (SSSR count). The minimum Gasteiger partial charge on any atom is -0.288 e. The van der Waals surface area contributed by atoms with Crippen molar-refractivity contribution in [2.24, 2.45) is 11.8 Å². The van der Waals surface area contributed by atoms with E-state index in [1.165, 1.54) is 4.57 Å². The van der Waals surface area contributed by atoms with Crippen LogP contribution in [-0.2, 0) is 13.0 Å². The Hall–Kier alpha value is -3.88. The number of benzene rings is 2. The molecule has 0 aliphatic heterocycles. The Kier molecular flexibility index (Phi) is 7.62. The normalized spacial score (nSPS) is 14.3. The van der Waals surface area contributed by atoms with Crippen molar-refractivity contribution in [3.63, 3.8) is 0 Å². The van der Waals surface area contributed by atoms with Crippen LogP contribution in [0.3, 0.4) is 0 Å². The van der Waals surface area contributed by atoms with Gasteiger partial charge in [0, 0.05) is 11.5 Å². The van der Waals surface area contributed by atoms with Crippen LogP contribution in [0.15, 0.2) is 53.3 Å². The Morgan fingerprint density at radius 3 is 2.53 bits per heavy atom. The van der Waals surface area contributed by atoms with E-state index >= 15 is 4.39 Å². The van der Waals surface area contributed by atoms with Gasteiger partial charge in [0.1, 0.15) is 0 Å². The van der Waals surface area contributed by atoms with Crippen LogP contribution in [0.2, 0.25) is 0 Å². The molecule has 2 heterocycles. The van der Waals surface area contributed by atoms with Gasteiger partial charge >= 0.3 is 5.69 Å². The number of nitrogens with zero attached hydrogens (tertiary/aromatic N) is 5. The zero-order chi connectivity index (χ0) is 26.6. The van der Waals surface area contributed by atoms with Gasteiger partial charge in [-0.15, -0.1) is 5.10 Å². The fourth-order valence-corrected chi connectivity index (χ4v) is 5.32. The predicted octanol–water partition coefficient (Wildman–Crippen LogP) is 5.49. The second kappa shape index (κ2) is 11.2. The summed E-state index contributed by atoms with van der Waals surface area (Å²) in [4.78, 5) is 26.9. The van der Waals surface area contributed by atoms with Crippen molar-refractivity contribution in [2.45, 2.75) is 65.3 Å². The predicted molar refractivity (Wildman–Crippen MR) is 143 cm³/mol. The van der Waals surface area contributed by atoms with Crippen LogP contribution in [0.1, 0.15) is 68.4 Å². The largest absolute Gasteiger partial charge is 0.337 e. The van der Waals surface area contributed by atoms with Crippen LogP contribution in [0.4, 0.5) is 4.39 Å². The number of hydrogen-bond acceptors (Lipinski definition) is 5. The number of halogens is 1. The molecule has 198 valence electrons. The Labute approximate surface area is 220 Å². The van der Waals surface area contributed by atoms with Crippen LogP contribution in [-0.4, -0.2) is 35.7 Å². The van der Waals surface area contributed by atoms with Crippen molar-refractivity contribution in [3.8, 4) is 22.5 Å². The molecule has 0 unspecified atom stereocenters. The molecule has 1 N–H and O–H groups in total. The maximum absolute atomic E-state index is 15.8. The Morgan fingerprint density at radius 1 is 1.08 bits per heavy atom. The summed E-state index contributed by atoms with van der Waals surface area (Å²) in [5, 5.41) is 14.4. The molecule has 9 heteroatoms. The second-order valence-electron chi connectivity index (χ2n) is 10.5. The summed E-state index contributed by atoms with van der Waals surface area (Å²) in [7, 11) is 0. The van der Waals surface area contributed by atoms with Gasteiger partial charge in [-0.05, 0) is 64.8 Å². The first-order chi connectivity index (χ1) is 18.4. The first-order valence-electron chi connectivity index (χ1n) is 13.4. The summed E-state index contributed by atoms with van der Waals surface area (Å²) >= 11 is 0. The fraction of sp³-hybridized carbons (Fsp3) is 0.414. The molecule has 38 heavy (non-hydrogen) atoms. The molecule has 0 spiro atoms. The number of carbonyl (C=O) groups excluding carboxylic acids is 1. The van der Waals surface area contributed by atoms with Gasteiger partial charge in [-0.2, -0.15) is 4.39 Å². The lowest BCUT2D eigenvalue weighted by atomic mass is 9.88. The summed E-state index contributed by atoms with van der Waals surface area (Å²) in [6.45, 7) is 4.26. The monoisotopic (exact) mass is 516 g/mol. The lowest BCUT2D eigenvalue weighted by molar-refractivity contribution is 0.0781. The zero-order valence-electron chi connectivity index (χ0n) is 21.9. The Balaban J connectivity index is 1.56. The number of aromatic nitrogens is 6. The molecule has 2 aromatic heterocycles. The van der Waals surface area contributed by atoms with E-state index in [0.717, 1.165) is 46.1 Å². The quantitative estimate of drug-likeness (QED) is 0.334. The molecule has 1 saturated carbocycles. The molecular formula is C29H33FN6O2. The molecule has 0 bridgehead atoms. The minimum absolute atomic E-state index is 0.137. The molecular weight excluding hydrogens is 483 g/mol. The molecule has 1 aliphatic carbocycles. The average molecular weight is 517 g/mol. The molecule has 2 aromatic carbocycles. The number of H-pyrrole nitrogens is 1. The molecule has 0 atom stereocenters. The van der Waals surface area contributed by atoms with Crippen LogP contribution >= 0.6 is 0 Å². The van der Waals surface area contributed by atoms with E-state index in [2.05, 4.69) is 34.5 Å². The number of aromatic amines is 1. The Bertz CT molecular complexity index is 1450. The van der Waals surface area contributed by atoms with E-state index in [-0.39, 0.29) is 18.2 Å². The maximum Gasteiger partial charge on any atom is 0.337 e. The summed E-state index contributed by atoms with van der Waals surface area (Å²) in [5.74, 6) is -0.614. The van der Waals surface area contributed by atoms with Gasteiger partial charge in [0.25, 0.3) is 0 Å². The van der Waals surface area contributed by atoms with Gasteiger partial charge in [0.05, 0.1) is 12.2 Å². The molecule has 8 nitrogen and oxygen atoms in total. The molecule has 0 radical (unpaired) electrons. The first kappa shape index (κ1) is 25.8. The SMILES string of the molecule is CC(C)CCc1c(F)n(C(=O)C2CCCCC2)c(=O)n1Cc1ccc(-c2ccccc2)c(-c2nnn[nH]2)c1. The molecule has 0 saturated heterocycles. The topological polar surface area (TPSA) is 98.5 Å². The standard InChI is InChI=1S/C29H33FN6O2/c1-19(2)13-16-25-26(30)36(28(37)22-11-7-4-8-12-22)29(38)35(25)18-20-14-15-23(21-9-5-3-6-10-21)24(17-20)27-31-33-34-32-27/h3,5-6,9-10,14-15,17,19,22H,4,7-8,11-13,16,18H2,1-2H3,(H,31,32,33,34). The minimum atomic E-state index is -0.716. The number of rotatable bonds is 8. The highest BCUT2D eigenvalue weighted by Gasteiger charge is 2.30. The first-order valence-corrected chi connectivity index (χ1v) is 13.4.